The van der Waals surface area contributed by atoms with Crippen LogP contribution >= 0.6 is 0 Å². The fourth-order valence-electron chi connectivity index (χ4n) is 3.84. The Kier molecular flexibility index (Phi) is 5.83. The summed E-state index contributed by atoms with van der Waals surface area (Å²) in [6.07, 6.45) is 0. The van der Waals surface area contributed by atoms with Crippen LogP contribution in [0.25, 0.3) is 10.9 Å². The summed E-state index contributed by atoms with van der Waals surface area (Å²) in [7, 11) is 1.58. The smallest absolute Gasteiger partial charge is 0.293 e. The molecule has 30 heavy (non-hydrogen) atoms. The second-order valence-corrected chi connectivity index (χ2v) is 7.50. The molecule has 1 amide bonds. The van der Waals surface area contributed by atoms with Gasteiger partial charge in [-0.05, 0) is 17.2 Å². The van der Waals surface area contributed by atoms with Gasteiger partial charge >= 0.3 is 0 Å². The predicted octanol–water partition coefficient (Wildman–Crippen LogP) is 2.01. The Hall–Kier alpha value is -3.16. The fraction of sp³-hybridized carbons (Fsp3) is 0.304. The molecule has 2 N–H and O–H groups in total. The van der Waals surface area contributed by atoms with Gasteiger partial charge in [-0.3, -0.25) is 14.5 Å². The zero-order valence-corrected chi connectivity index (χ0v) is 16.9. The standard InChI is InChI=1S/C23H25N3O4/c1-25-19-8-3-2-7-18(19)20(21(27)23(25)29)22(28)24-14-16-5-4-6-17(13-16)15-26-9-11-30-12-10-26/h2-8,13,27H,9-12,14-15H2,1H3,(H,24,28). The van der Waals surface area contributed by atoms with Crippen LogP contribution in [0.3, 0.4) is 0 Å². The normalized spacial score (nSPS) is 14.7. The minimum atomic E-state index is -0.591. The maximum atomic E-state index is 12.9. The lowest BCUT2D eigenvalue weighted by atomic mass is 10.1. The molecule has 3 aromatic rings. The van der Waals surface area contributed by atoms with Crippen molar-refractivity contribution in [3.63, 3.8) is 0 Å². The number of ether oxygens (including phenoxy) is 1. The number of hydrogen-bond donors (Lipinski definition) is 2. The largest absolute Gasteiger partial charge is 0.502 e. The highest BCUT2D eigenvalue weighted by Crippen LogP contribution is 2.23. The lowest BCUT2D eigenvalue weighted by molar-refractivity contribution is 0.0342. The first kappa shape index (κ1) is 20.1. The first-order valence-corrected chi connectivity index (χ1v) is 10.0. The molecule has 1 aliphatic heterocycles. The van der Waals surface area contributed by atoms with Gasteiger partial charge in [0.1, 0.15) is 0 Å². The number of hydrogen-bond acceptors (Lipinski definition) is 5. The molecular weight excluding hydrogens is 382 g/mol. The van der Waals surface area contributed by atoms with Gasteiger partial charge < -0.3 is 19.7 Å². The zero-order valence-electron chi connectivity index (χ0n) is 16.9. The minimum Gasteiger partial charge on any atom is -0.502 e. The number of aromatic hydroxyl groups is 1. The molecule has 0 aliphatic carbocycles. The van der Waals surface area contributed by atoms with E-state index >= 15 is 0 Å². The van der Waals surface area contributed by atoms with Crippen molar-refractivity contribution in [2.24, 2.45) is 7.05 Å². The quantitative estimate of drug-likeness (QED) is 0.676. The Bertz CT molecular complexity index is 1130. The number of aryl methyl sites for hydroxylation is 1. The Morgan fingerprint density at radius 1 is 1.10 bits per heavy atom. The summed E-state index contributed by atoms with van der Waals surface area (Å²) >= 11 is 0. The second kappa shape index (κ2) is 8.69. The summed E-state index contributed by atoms with van der Waals surface area (Å²) in [5, 5.41) is 13.7. The Morgan fingerprint density at radius 3 is 2.63 bits per heavy atom. The van der Waals surface area contributed by atoms with Gasteiger partial charge in [0.05, 0.1) is 24.3 Å². The number of pyridine rings is 1. The molecule has 0 bridgehead atoms. The summed E-state index contributed by atoms with van der Waals surface area (Å²) in [4.78, 5) is 27.6. The van der Waals surface area contributed by atoms with Crippen LogP contribution in [0.4, 0.5) is 0 Å². The highest BCUT2D eigenvalue weighted by molar-refractivity contribution is 6.08. The van der Waals surface area contributed by atoms with Crippen molar-refractivity contribution in [1.82, 2.24) is 14.8 Å². The summed E-state index contributed by atoms with van der Waals surface area (Å²) in [6, 6.07) is 15.1. The third kappa shape index (κ3) is 4.08. The highest BCUT2D eigenvalue weighted by atomic mass is 16.5. The van der Waals surface area contributed by atoms with Gasteiger partial charge in [-0.1, -0.05) is 42.5 Å². The third-order valence-corrected chi connectivity index (χ3v) is 5.46. The molecule has 0 saturated carbocycles. The molecule has 1 aromatic heterocycles. The summed E-state index contributed by atoms with van der Waals surface area (Å²) in [5.41, 5.74) is 2.15. The van der Waals surface area contributed by atoms with Crippen LogP contribution in [-0.4, -0.2) is 46.8 Å². The van der Waals surface area contributed by atoms with Crippen LogP contribution in [0.5, 0.6) is 5.75 Å². The van der Waals surface area contributed by atoms with E-state index in [-0.39, 0.29) is 5.56 Å². The van der Waals surface area contributed by atoms with Crippen molar-refractivity contribution in [2.45, 2.75) is 13.1 Å². The van der Waals surface area contributed by atoms with E-state index in [2.05, 4.69) is 22.3 Å². The van der Waals surface area contributed by atoms with Gasteiger partial charge in [0.15, 0.2) is 5.75 Å². The van der Waals surface area contributed by atoms with Crippen LogP contribution in [-0.2, 0) is 24.9 Å². The average Bonchev–Trinajstić information content (AvgIpc) is 2.77. The van der Waals surface area contributed by atoms with E-state index in [4.69, 9.17) is 4.74 Å². The van der Waals surface area contributed by atoms with Gasteiger partial charge in [-0.2, -0.15) is 0 Å². The number of rotatable bonds is 5. The maximum Gasteiger partial charge on any atom is 0.293 e. The number of nitrogens with one attached hydrogen (secondary N) is 1. The van der Waals surface area contributed by atoms with E-state index in [0.717, 1.165) is 38.4 Å². The maximum absolute atomic E-state index is 12.9. The number of benzene rings is 2. The van der Waals surface area contributed by atoms with Crippen LogP contribution in [0.2, 0.25) is 0 Å². The Morgan fingerprint density at radius 2 is 1.83 bits per heavy atom. The molecule has 4 rings (SSSR count). The fourth-order valence-corrected chi connectivity index (χ4v) is 3.84. The van der Waals surface area contributed by atoms with Crippen molar-refractivity contribution < 1.29 is 14.6 Å². The summed E-state index contributed by atoms with van der Waals surface area (Å²) in [6.45, 7) is 4.48. The van der Waals surface area contributed by atoms with Crippen LogP contribution in [0, 0.1) is 0 Å². The topological polar surface area (TPSA) is 83.8 Å². The number of carbonyl (C=O) groups is 1. The number of amides is 1. The third-order valence-electron chi connectivity index (χ3n) is 5.46. The van der Waals surface area contributed by atoms with Gasteiger partial charge in [-0.15, -0.1) is 0 Å². The molecule has 7 heteroatoms. The van der Waals surface area contributed by atoms with Gasteiger partial charge in [0.2, 0.25) is 0 Å². The molecular formula is C23H25N3O4. The molecule has 0 radical (unpaired) electrons. The van der Waals surface area contributed by atoms with E-state index in [9.17, 15) is 14.7 Å². The molecule has 156 valence electrons. The zero-order chi connectivity index (χ0) is 21.1. The molecule has 1 fully saturated rings. The average molecular weight is 407 g/mol. The van der Waals surface area contributed by atoms with E-state index in [1.165, 1.54) is 10.1 Å². The number of carbonyl (C=O) groups excluding carboxylic acids is 1. The summed E-state index contributed by atoms with van der Waals surface area (Å²) in [5.74, 6) is -1.00. The van der Waals surface area contributed by atoms with Crippen molar-refractivity contribution in [1.29, 1.82) is 0 Å². The molecule has 0 spiro atoms. The Labute approximate surface area is 174 Å². The molecule has 2 aromatic carbocycles. The van der Waals surface area contributed by atoms with Crippen LogP contribution < -0.4 is 10.9 Å². The molecule has 7 nitrogen and oxygen atoms in total. The number of fused-ring (bicyclic) bond motifs is 1. The highest BCUT2D eigenvalue weighted by Gasteiger charge is 2.20. The monoisotopic (exact) mass is 407 g/mol. The van der Waals surface area contributed by atoms with E-state index in [0.29, 0.717) is 17.4 Å². The van der Waals surface area contributed by atoms with Gasteiger partial charge in [-0.25, -0.2) is 0 Å². The summed E-state index contributed by atoms with van der Waals surface area (Å²) < 4.78 is 6.73. The minimum absolute atomic E-state index is 0.0122. The molecule has 1 aliphatic rings. The second-order valence-electron chi connectivity index (χ2n) is 7.50. The Balaban J connectivity index is 1.52. The van der Waals surface area contributed by atoms with Crippen molar-refractivity contribution in [3.8, 4) is 5.75 Å². The van der Waals surface area contributed by atoms with Crippen LogP contribution in [0.15, 0.2) is 53.3 Å². The van der Waals surface area contributed by atoms with Crippen LogP contribution in [0.1, 0.15) is 21.5 Å². The molecule has 1 saturated heterocycles. The molecule has 2 heterocycles. The first-order chi connectivity index (χ1) is 14.5. The number of aromatic nitrogens is 1. The van der Waals surface area contributed by atoms with Gasteiger partial charge in [0, 0.05) is 38.6 Å². The predicted molar refractivity (Wildman–Crippen MR) is 115 cm³/mol. The number of morpholine rings is 1. The first-order valence-electron chi connectivity index (χ1n) is 10.0. The van der Waals surface area contributed by atoms with Gasteiger partial charge in [0.25, 0.3) is 11.5 Å². The van der Waals surface area contributed by atoms with E-state index in [1.807, 2.05) is 12.1 Å². The molecule has 0 unspecified atom stereocenters. The number of para-hydroxylation sites is 1. The van der Waals surface area contributed by atoms with E-state index in [1.54, 1.807) is 31.3 Å². The van der Waals surface area contributed by atoms with Crippen molar-refractivity contribution in [3.05, 3.63) is 75.6 Å². The lowest BCUT2D eigenvalue weighted by Gasteiger charge is -2.26. The SMILES string of the molecule is Cn1c(=O)c(O)c(C(=O)NCc2cccc(CN3CCOCC3)c2)c2ccccc21. The van der Waals surface area contributed by atoms with Crippen molar-refractivity contribution in [2.75, 3.05) is 26.3 Å². The van der Waals surface area contributed by atoms with E-state index < -0.39 is 17.2 Å². The lowest BCUT2D eigenvalue weighted by Crippen LogP contribution is -2.35. The number of nitrogens with zero attached hydrogens (tertiary/aromatic N) is 2. The van der Waals surface area contributed by atoms with Crippen molar-refractivity contribution >= 4 is 16.8 Å². The molecule has 0 atom stereocenters.